The number of nitrogens with zero attached hydrogens (tertiary/aromatic N) is 4. The molecule has 0 unspecified atom stereocenters. The van der Waals surface area contributed by atoms with Crippen molar-refractivity contribution in [3.05, 3.63) is 77.2 Å². The molecule has 4 rings (SSSR count). The summed E-state index contributed by atoms with van der Waals surface area (Å²) in [5.41, 5.74) is 1.08. The van der Waals surface area contributed by atoms with E-state index in [2.05, 4.69) is 15.1 Å². The Kier molecular flexibility index (Phi) is 4.03. The second-order valence-electron chi connectivity index (χ2n) is 5.53. The lowest BCUT2D eigenvalue weighted by Gasteiger charge is -2.04. The molecule has 7 heteroatoms. The Morgan fingerprint density at radius 3 is 2.62 bits per heavy atom. The van der Waals surface area contributed by atoms with Crippen LogP contribution in [-0.4, -0.2) is 19.7 Å². The van der Waals surface area contributed by atoms with Gasteiger partial charge < -0.3 is 13.8 Å². The highest BCUT2D eigenvalue weighted by Gasteiger charge is 2.13. The van der Waals surface area contributed by atoms with Crippen molar-refractivity contribution >= 4 is 0 Å². The summed E-state index contributed by atoms with van der Waals surface area (Å²) in [5.74, 6) is 1.83. The lowest BCUT2D eigenvalue weighted by molar-refractivity contribution is 0.429. The lowest BCUT2D eigenvalue weighted by Crippen LogP contribution is -2.16. The zero-order valence-corrected chi connectivity index (χ0v) is 13.9. The molecule has 26 heavy (non-hydrogen) atoms. The predicted molar refractivity (Wildman–Crippen MR) is 94.7 cm³/mol. The highest BCUT2D eigenvalue weighted by atomic mass is 16.5. The fraction of sp³-hybridized carbons (Fsp3) is 0.0526. The minimum Gasteiger partial charge on any atom is -0.439 e. The summed E-state index contributed by atoms with van der Waals surface area (Å²) in [4.78, 5) is 20.3. The summed E-state index contributed by atoms with van der Waals surface area (Å²) in [7, 11) is 1.65. The molecular weight excluding hydrogens is 332 g/mol. The zero-order chi connectivity index (χ0) is 17.9. The van der Waals surface area contributed by atoms with Gasteiger partial charge in [0.15, 0.2) is 0 Å². The highest BCUT2D eigenvalue weighted by Crippen LogP contribution is 2.23. The second-order valence-corrected chi connectivity index (χ2v) is 5.53. The molecule has 0 N–H and O–H groups in total. The largest absolute Gasteiger partial charge is 0.439 e. The van der Waals surface area contributed by atoms with Crippen molar-refractivity contribution in [2.45, 2.75) is 0 Å². The van der Waals surface area contributed by atoms with Gasteiger partial charge in [0.1, 0.15) is 11.4 Å². The van der Waals surface area contributed by atoms with Gasteiger partial charge in [-0.1, -0.05) is 29.4 Å². The van der Waals surface area contributed by atoms with Crippen LogP contribution in [0.3, 0.4) is 0 Å². The van der Waals surface area contributed by atoms with Crippen LogP contribution >= 0.6 is 0 Å². The summed E-state index contributed by atoms with van der Waals surface area (Å²) in [6, 6.07) is 17.8. The molecule has 7 nitrogen and oxygen atoms in total. The number of benzene rings is 1. The van der Waals surface area contributed by atoms with Crippen LogP contribution in [0.5, 0.6) is 11.6 Å². The molecule has 0 aliphatic rings. The standard InChI is InChI=1S/C19H14N4O3/c1-23-15(8-5-9-17(23)24)19-21-18(22-26-19)13-10-11-16(20-12-13)25-14-6-3-2-4-7-14/h2-12H,1H3. The van der Waals surface area contributed by atoms with Crippen molar-refractivity contribution in [2.24, 2.45) is 7.05 Å². The maximum absolute atomic E-state index is 11.7. The van der Waals surface area contributed by atoms with Crippen molar-refractivity contribution in [2.75, 3.05) is 0 Å². The Morgan fingerprint density at radius 2 is 1.85 bits per heavy atom. The van der Waals surface area contributed by atoms with E-state index in [1.165, 1.54) is 10.6 Å². The van der Waals surface area contributed by atoms with Gasteiger partial charge in [0.2, 0.25) is 11.7 Å². The van der Waals surface area contributed by atoms with Gasteiger partial charge in [-0.2, -0.15) is 4.98 Å². The first-order valence-corrected chi connectivity index (χ1v) is 7.90. The molecule has 1 aromatic carbocycles. The van der Waals surface area contributed by atoms with Gasteiger partial charge in [-0.15, -0.1) is 0 Å². The van der Waals surface area contributed by atoms with Gasteiger partial charge in [-0.3, -0.25) is 4.79 Å². The topological polar surface area (TPSA) is 83.0 Å². The Bertz CT molecular complexity index is 1090. The molecule has 0 fully saturated rings. The number of hydrogen-bond acceptors (Lipinski definition) is 6. The van der Waals surface area contributed by atoms with Gasteiger partial charge in [0.05, 0.1) is 0 Å². The van der Waals surface area contributed by atoms with E-state index in [4.69, 9.17) is 9.26 Å². The third-order valence-corrected chi connectivity index (χ3v) is 3.79. The van der Waals surface area contributed by atoms with Crippen LogP contribution in [-0.2, 0) is 7.05 Å². The Labute approximate surface area is 148 Å². The molecule has 128 valence electrons. The third-order valence-electron chi connectivity index (χ3n) is 3.79. The van der Waals surface area contributed by atoms with E-state index >= 15 is 0 Å². The van der Waals surface area contributed by atoms with Crippen LogP contribution in [0.15, 0.2) is 76.2 Å². The molecular formula is C19H14N4O3. The van der Waals surface area contributed by atoms with Gasteiger partial charge in [-0.25, -0.2) is 4.98 Å². The van der Waals surface area contributed by atoms with Crippen molar-refractivity contribution in [1.82, 2.24) is 19.7 Å². The van der Waals surface area contributed by atoms with Gasteiger partial charge in [0.25, 0.3) is 11.4 Å². The predicted octanol–water partition coefficient (Wildman–Crippen LogP) is 3.29. The minimum atomic E-state index is -0.147. The van der Waals surface area contributed by atoms with Crippen LogP contribution in [0.2, 0.25) is 0 Å². The molecule has 0 spiro atoms. The lowest BCUT2D eigenvalue weighted by atomic mass is 10.2. The summed E-state index contributed by atoms with van der Waals surface area (Å²) < 4.78 is 12.4. The van der Waals surface area contributed by atoms with E-state index in [0.29, 0.717) is 28.7 Å². The molecule has 3 heterocycles. The monoisotopic (exact) mass is 346 g/mol. The summed E-state index contributed by atoms with van der Waals surface area (Å²) >= 11 is 0. The fourth-order valence-corrected chi connectivity index (χ4v) is 2.41. The average Bonchev–Trinajstić information content (AvgIpc) is 3.15. The summed E-state index contributed by atoms with van der Waals surface area (Å²) in [6.07, 6.45) is 1.61. The van der Waals surface area contributed by atoms with Crippen LogP contribution in [0.25, 0.3) is 23.0 Å². The molecule has 0 atom stereocenters. The molecule has 0 aliphatic heterocycles. The fourth-order valence-electron chi connectivity index (χ4n) is 2.41. The van der Waals surface area contributed by atoms with Gasteiger partial charge in [-0.05, 0) is 24.3 Å². The SMILES string of the molecule is Cn1c(-c2nc(-c3ccc(Oc4ccccc4)nc3)no2)cccc1=O. The van der Waals surface area contributed by atoms with Crippen molar-refractivity contribution in [3.8, 4) is 34.6 Å². The van der Waals surface area contributed by atoms with Crippen LogP contribution < -0.4 is 10.3 Å². The number of pyridine rings is 2. The van der Waals surface area contributed by atoms with Crippen LogP contribution in [0, 0.1) is 0 Å². The molecule has 4 aromatic rings. The Morgan fingerprint density at radius 1 is 1.00 bits per heavy atom. The normalized spacial score (nSPS) is 10.7. The summed E-state index contributed by atoms with van der Waals surface area (Å²) in [6.45, 7) is 0. The number of hydrogen-bond donors (Lipinski definition) is 0. The van der Waals surface area contributed by atoms with Gasteiger partial charge in [0, 0.05) is 30.9 Å². The molecule has 0 radical (unpaired) electrons. The minimum absolute atomic E-state index is 0.147. The van der Waals surface area contributed by atoms with Crippen molar-refractivity contribution in [3.63, 3.8) is 0 Å². The molecule has 0 bridgehead atoms. The van der Waals surface area contributed by atoms with Crippen LogP contribution in [0.1, 0.15) is 0 Å². The second kappa shape index (κ2) is 6.64. The number of aromatic nitrogens is 4. The number of para-hydroxylation sites is 1. The average molecular weight is 346 g/mol. The quantitative estimate of drug-likeness (QED) is 0.564. The summed E-state index contributed by atoms with van der Waals surface area (Å²) in [5, 5.41) is 3.96. The van der Waals surface area contributed by atoms with Gasteiger partial charge >= 0.3 is 0 Å². The smallest absolute Gasteiger partial charge is 0.274 e. The first kappa shape index (κ1) is 15.8. The van der Waals surface area contributed by atoms with E-state index in [-0.39, 0.29) is 11.4 Å². The highest BCUT2D eigenvalue weighted by molar-refractivity contribution is 5.57. The molecule has 0 amide bonds. The maximum atomic E-state index is 11.7. The molecule has 3 aromatic heterocycles. The van der Waals surface area contributed by atoms with E-state index < -0.39 is 0 Å². The number of ether oxygens (including phenoxy) is 1. The molecule has 0 aliphatic carbocycles. The first-order chi connectivity index (χ1) is 12.7. The van der Waals surface area contributed by atoms with E-state index in [1.807, 2.05) is 30.3 Å². The van der Waals surface area contributed by atoms with E-state index in [1.54, 1.807) is 37.5 Å². The zero-order valence-electron chi connectivity index (χ0n) is 13.9. The number of rotatable bonds is 4. The van der Waals surface area contributed by atoms with E-state index in [9.17, 15) is 4.79 Å². The molecule has 0 saturated heterocycles. The van der Waals surface area contributed by atoms with Crippen LogP contribution in [0.4, 0.5) is 0 Å². The Balaban J connectivity index is 1.58. The maximum Gasteiger partial charge on any atom is 0.274 e. The van der Waals surface area contributed by atoms with Crippen molar-refractivity contribution < 1.29 is 9.26 Å². The molecule has 0 saturated carbocycles. The Hall–Kier alpha value is -3.74. The van der Waals surface area contributed by atoms with E-state index in [0.717, 1.165) is 0 Å². The first-order valence-electron chi connectivity index (χ1n) is 7.90. The third kappa shape index (κ3) is 3.10. The van der Waals surface area contributed by atoms with Crippen molar-refractivity contribution in [1.29, 1.82) is 0 Å².